The topological polar surface area (TPSA) is 0 Å². The Balaban J connectivity index is 0.000000347. The molecule has 0 aliphatic carbocycles. The summed E-state index contributed by atoms with van der Waals surface area (Å²) in [7, 11) is 0. The molecule has 0 radical (unpaired) electrons. The summed E-state index contributed by atoms with van der Waals surface area (Å²) in [6, 6.07) is 56.6. The van der Waals surface area contributed by atoms with Crippen LogP contribution in [-0.4, -0.2) is 0 Å². The van der Waals surface area contributed by atoms with E-state index < -0.39 is 0 Å². The Morgan fingerprint density at radius 3 is 1.05 bits per heavy atom. The molecule has 0 heterocycles. The molecule has 0 atom stereocenters. The maximum Gasteiger partial charge on any atom is 4.00 e. The molecule has 286 valence electrons. The van der Waals surface area contributed by atoms with Crippen LogP contribution in [-0.2, 0) is 32.5 Å². The van der Waals surface area contributed by atoms with Crippen LogP contribution in [0.5, 0.6) is 0 Å². The molecule has 0 saturated carbocycles. The van der Waals surface area contributed by atoms with Gasteiger partial charge in [0.1, 0.15) is 0 Å². The minimum absolute atomic E-state index is 0. The van der Waals surface area contributed by atoms with Crippen LogP contribution >= 0.6 is 0 Å². The van der Waals surface area contributed by atoms with Crippen molar-refractivity contribution < 1.29 is 21.7 Å². The summed E-state index contributed by atoms with van der Waals surface area (Å²) in [5.74, 6) is 0.255. The Kier molecular flexibility index (Phi) is 13.7. The molecule has 0 spiro atoms. The van der Waals surface area contributed by atoms with Crippen molar-refractivity contribution in [1.29, 1.82) is 0 Å². The minimum atomic E-state index is 0. The van der Waals surface area contributed by atoms with Crippen LogP contribution in [0.1, 0.15) is 98.9 Å². The minimum Gasteiger partial charge on any atom is -0.199 e. The average molecular weight is 779 g/mol. The van der Waals surface area contributed by atoms with Crippen LogP contribution in [0.15, 0.2) is 158 Å². The van der Waals surface area contributed by atoms with E-state index in [-0.39, 0.29) is 38.5 Å². The van der Waals surface area contributed by atoms with Gasteiger partial charge in [-0.1, -0.05) is 152 Å². The zero-order valence-corrected chi connectivity index (χ0v) is 37.1. The number of aryl methyl sites for hydroxylation is 2. The van der Waals surface area contributed by atoms with Crippen molar-refractivity contribution in [3.05, 3.63) is 216 Å². The van der Waals surface area contributed by atoms with Crippen molar-refractivity contribution in [3.63, 3.8) is 0 Å². The van der Waals surface area contributed by atoms with E-state index >= 15 is 0 Å². The predicted octanol–water partition coefficient (Wildman–Crippen LogP) is 15.9. The van der Waals surface area contributed by atoms with Gasteiger partial charge in [-0.2, -0.15) is 60.4 Å². The monoisotopic (exact) mass is 778 g/mol. The SMILES string of the molecule is Cc1[cH-]c2cccc(-c3ccc(C(C)(C)C)cc3)c2c1C(C)c1c(C)[cH-]c2cccc(-c3ccc(C(C)(C)C)cc3)c12.[CH2-]c1ccccc1.[CH2-]c1ccccc1.[Ti+4]. The van der Waals surface area contributed by atoms with Gasteiger partial charge in [0.25, 0.3) is 0 Å². The van der Waals surface area contributed by atoms with Crippen molar-refractivity contribution in [2.75, 3.05) is 0 Å². The van der Waals surface area contributed by atoms with Crippen LogP contribution in [0.3, 0.4) is 0 Å². The average Bonchev–Trinajstić information content (AvgIpc) is 3.70. The van der Waals surface area contributed by atoms with Gasteiger partial charge >= 0.3 is 21.7 Å². The Labute approximate surface area is 358 Å². The number of hydrogen-bond donors (Lipinski definition) is 0. The largest absolute Gasteiger partial charge is 4.00 e. The van der Waals surface area contributed by atoms with Gasteiger partial charge in [0, 0.05) is 0 Å². The Morgan fingerprint density at radius 2 is 0.772 bits per heavy atom. The first kappa shape index (κ1) is 43.1. The zero-order chi connectivity index (χ0) is 40.2. The van der Waals surface area contributed by atoms with E-state index in [1.807, 2.05) is 60.7 Å². The molecule has 0 nitrogen and oxygen atoms in total. The van der Waals surface area contributed by atoms with Crippen molar-refractivity contribution in [2.45, 2.75) is 79.1 Å². The first-order valence-corrected chi connectivity index (χ1v) is 20.0. The standard InChI is InChI=1S/C42H44.2C7H7.Ti/c1-26-24-31-12-10-14-35(29-16-20-33(21-17-29)41(4,5)6)39(31)37(26)28(3)38-27(2)25-32-13-11-15-36(40(32)38)30-18-22-34(23-19-30)42(7,8)9;2*1-7-5-3-2-4-6-7;/h10-25,28H,1-9H3;2*2-6H,1H2;/q-2;2*-1;+4. The predicted molar refractivity (Wildman–Crippen MR) is 246 cm³/mol. The van der Waals surface area contributed by atoms with Gasteiger partial charge < -0.3 is 0 Å². The van der Waals surface area contributed by atoms with Gasteiger partial charge in [0.05, 0.1) is 0 Å². The molecule has 0 aliphatic heterocycles. The van der Waals surface area contributed by atoms with Gasteiger partial charge in [-0.15, -0.1) is 93.3 Å². The van der Waals surface area contributed by atoms with E-state index in [9.17, 15) is 0 Å². The quantitative estimate of drug-likeness (QED) is 0.123. The van der Waals surface area contributed by atoms with Crippen LogP contribution in [0.2, 0.25) is 0 Å². The van der Waals surface area contributed by atoms with Gasteiger partial charge in [0.15, 0.2) is 0 Å². The van der Waals surface area contributed by atoms with E-state index in [0.717, 1.165) is 11.1 Å². The van der Waals surface area contributed by atoms with Crippen molar-refractivity contribution in [1.82, 2.24) is 0 Å². The van der Waals surface area contributed by atoms with Gasteiger partial charge in [-0.05, 0) is 33.1 Å². The molecule has 0 aromatic heterocycles. The molecule has 0 unspecified atom stereocenters. The normalized spacial score (nSPS) is 11.4. The second-order valence-corrected chi connectivity index (χ2v) is 17.4. The molecule has 0 fully saturated rings. The molecule has 0 saturated heterocycles. The Bertz CT molecular complexity index is 2310. The molecular formula is C56H58Ti. The zero-order valence-electron chi connectivity index (χ0n) is 35.5. The fourth-order valence-corrected chi connectivity index (χ4v) is 8.00. The summed E-state index contributed by atoms with van der Waals surface area (Å²) in [6.45, 7) is 28.1. The molecule has 0 amide bonds. The number of rotatable bonds is 4. The fourth-order valence-electron chi connectivity index (χ4n) is 8.00. The Hall–Kier alpha value is -5.01. The van der Waals surface area contributed by atoms with E-state index in [4.69, 9.17) is 0 Å². The molecule has 8 aromatic carbocycles. The van der Waals surface area contributed by atoms with Crippen LogP contribution in [0.25, 0.3) is 43.8 Å². The maximum absolute atomic E-state index is 3.72. The molecule has 0 aliphatic rings. The van der Waals surface area contributed by atoms with Crippen LogP contribution < -0.4 is 0 Å². The van der Waals surface area contributed by atoms with Gasteiger partial charge in [-0.3, -0.25) is 0 Å². The summed E-state index contributed by atoms with van der Waals surface area (Å²) in [5, 5.41) is 5.45. The summed E-state index contributed by atoms with van der Waals surface area (Å²) >= 11 is 0. The third-order valence-electron chi connectivity index (χ3n) is 11.0. The summed E-state index contributed by atoms with van der Waals surface area (Å²) < 4.78 is 0. The fraction of sp³-hybridized carbons (Fsp3) is 0.214. The molecule has 1 heteroatoms. The van der Waals surface area contributed by atoms with E-state index in [2.05, 4.69) is 173 Å². The number of hydrogen-bond acceptors (Lipinski definition) is 0. The molecule has 57 heavy (non-hydrogen) atoms. The van der Waals surface area contributed by atoms with Gasteiger partial charge in [-0.25, -0.2) is 0 Å². The van der Waals surface area contributed by atoms with Crippen molar-refractivity contribution in [3.8, 4) is 22.3 Å². The van der Waals surface area contributed by atoms with Crippen molar-refractivity contribution in [2.24, 2.45) is 0 Å². The van der Waals surface area contributed by atoms with Gasteiger partial charge in [0.2, 0.25) is 0 Å². The van der Waals surface area contributed by atoms with Crippen LogP contribution in [0.4, 0.5) is 0 Å². The number of benzene rings is 6. The van der Waals surface area contributed by atoms with Crippen LogP contribution in [0, 0.1) is 27.7 Å². The molecule has 8 rings (SSSR count). The summed E-state index contributed by atoms with van der Waals surface area (Å²) in [4.78, 5) is 0. The molecule has 0 bridgehead atoms. The second-order valence-electron chi connectivity index (χ2n) is 17.4. The first-order chi connectivity index (χ1) is 26.6. The second kappa shape index (κ2) is 18.1. The van der Waals surface area contributed by atoms with Crippen molar-refractivity contribution >= 4 is 21.5 Å². The maximum atomic E-state index is 3.72. The first-order valence-electron chi connectivity index (χ1n) is 20.0. The summed E-state index contributed by atoms with van der Waals surface area (Å²) in [5.41, 5.74) is 16.0. The molecule has 0 N–H and O–H groups in total. The third kappa shape index (κ3) is 9.94. The summed E-state index contributed by atoms with van der Waals surface area (Å²) in [6.07, 6.45) is 0. The third-order valence-corrected chi connectivity index (χ3v) is 11.0. The molecule has 8 aromatic rings. The smallest absolute Gasteiger partial charge is 0.199 e. The van der Waals surface area contributed by atoms with E-state index in [1.54, 1.807) is 0 Å². The Morgan fingerprint density at radius 1 is 0.439 bits per heavy atom. The molecular weight excluding hydrogens is 720 g/mol. The number of fused-ring (bicyclic) bond motifs is 2. The van der Waals surface area contributed by atoms with E-state index in [0.29, 0.717) is 0 Å². The van der Waals surface area contributed by atoms with E-state index in [1.165, 1.54) is 77.2 Å².